The van der Waals surface area contributed by atoms with Gasteiger partial charge >= 0.3 is 0 Å². The third kappa shape index (κ3) is 2.95. The Labute approximate surface area is 110 Å². The second-order valence-electron chi connectivity index (χ2n) is 3.89. The summed E-state index contributed by atoms with van der Waals surface area (Å²) in [4.78, 5) is 11.0. The minimum atomic E-state index is -0.479. The second kappa shape index (κ2) is 5.30. The van der Waals surface area contributed by atoms with Gasteiger partial charge in [-0.1, -0.05) is 0 Å². The number of carbonyl (C=O) groups is 1. The van der Waals surface area contributed by atoms with Gasteiger partial charge in [-0.3, -0.25) is 4.79 Å². The van der Waals surface area contributed by atoms with Gasteiger partial charge in [0.15, 0.2) is 5.75 Å². The van der Waals surface area contributed by atoms with Crippen LogP contribution >= 0.6 is 0 Å². The highest BCUT2D eigenvalue weighted by Gasteiger charge is 2.05. The molecular weight excluding hydrogens is 244 g/mol. The molecule has 5 nitrogen and oxygen atoms in total. The number of hydrogen-bond donors (Lipinski definition) is 2. The molecule has 2 aromatic carbocycles. The average Bonchev–Trinajstić information content (AvgIpc) is 2.42. The molecule has 0 bridgehead atoms. The molecular formula is C14H14N2O3. The molecule has 5 heteroatoms. The lowest BCUT2D eigenvalue weighted by atomic mass is 10.2. The van der Waals surface area contributed by atoms with E-state index < -0.39 is 5.91 Å². The van der Waals surface area contributed by atoms with E-state index in [-0.39, 0.29) is 0 Å². The van der Waals surface area contributed by atoms with Gasteiger partial charge in [0.25, 0.3) is 0 Å². The van der Waals surface area contributed by atoms with Crippen molar-refractivity contribution in [1.82, 2.24) is 0 Å². The highest BCUT2D eigenvalue weighted by atomic mass is 16.5. The maximum atomic E-state index is 11.0. The smallest absolute Gasteiger partial charge is 0.248 e. The van der Waals surface area contributed by atoms with Crippen molar-refractivity contribution in [1.29, 1.82) is 0 Å². The van der Waals surface area contributed by atoms with Gasteiger partial charge in [0, 0.05) is 11.6 Å². The second-order valence-corrected chi connectivity index (χ2v) is 3.89. The van der Waals surface area contributed by atoms with E-state index in [2.05, 4.69) is 0 Å². The van der Waals surface area contributed by atoms with Crippen molar-refractivity contribution in [3.05, 3.63) is 48.0 Å². The topological polar surface area (TPSA) is 87.6 Å². The Bertz CT molecular complexity index is 594. The molecule has 0 aromatic heterocycles. The lowest BCUT2D eigenvalue weighted by Crippen LogP contribution is -2.10. The van der Waals surface area contributed by atoms with E-state index >= 15 is 0 Å². The van der Waals surface area contributed by atoms with Crippen LogP contribution < -0.4 is 20.9 Å². The summed E-state index contributed by atoms with van der Waals surface area (Å²) in [5, 5.41) is 0. The molecule has 2 rings (SSSR count). The molecule has 0 saturated carbocycles. The number of anilines is 1. The maximum absolute atomic E-state index is 11.0. The molecule has 0 aliphatic carbocycles. The van der Waals surface area contributed by atoms with Crippen LogP contribution in [0.3, 0.4) is 0 Å². The summed E-state index contributed by atoms with van der Waals surface area (Å²) in [6.07, 6.45) is 0. The first kappa shape index (κ1) is 12.8. The zero-order valence-corrected chi connectivity index (χ0v) is 10.4. The van der Waals surface area contributed by atoms with Gasteiger partial charge in [0.05, 0.1) is 12.8 Å². The van der Waals surface area contributed by atoms with E-state index in [9.17, 15) is 4.79 Å². The van der Waals surface area contributed by atoms with Gasteiger partial charge in [-0.25, -0.2) is 0 Å². The van der Waals surface area contributed by atoms with Gasteiger partial charge in [-0.15, -0.1) is 0 Å². The van der Waals surface area contributed by atoms with Crippen LogP contribution in [0.25, 0.3) is 0 Å². The third-order valence-electron chi connectivity index (χ3n) is 2.59. The fraction of sp³-hybridized carbons (Fsp3) is 0.0714. The van der Waals surface area contributed by atoms with E-state index in [1.165, 1.54) is 0 Å². The predicted molar refractivity (Wildman–Crippen MR) is 72.4 cm³/mol. The van der Waals surface area contributed by atoms with E-state index in [1.54, 1.807) is 49.6 Å². The number of nitrogens with two attached hydrogens (primary N) is 2. The molecule has 0 aliphatic rings. The first-order valence-electron chi connectivity index (χ1n) is 5.61. The third-order valence-corrected chi connectivity index (χ3v) is 2.59. The van der Waals surface area contributed by atoms with Crippen molar-refractivity contribution in [2.45, 2.75) is 0 Å². The number of ether oxygens (including phenoxy) is 2. The fourth-order valence-electron chi connectivity index (χ4n) is 1.54. The molecule has 0 fully saturated rings. The summed E-state index contributed by atoms with van der Waals surface area (Å²) in [7, 11) is 1.57. The zero-order chi connectivity index (χ0) is 13.8. The van der Waals surface area contributed by atoms with E-state index in [4.69, 9.17) is 20.9 Å². The lowest BCUT2D eigenvalue weighted by molar-refractivity contribution is 0.100. The highest BCUT2D eigenvalue weighted by molar-refractivity contribution is 5.92. The van der Waals surface area contributed by atoms with Gasteiger partial charge in [0.2, 0.25) is 5.91 Å². The molecule has 4 N–H and O–H groups in total. The molecule has 2 aromatic rings. The summed E-state index contributed by atoms with van der Waals surface area (Å²) < 4.78 is 10.7. The lowest BCUT2D eigenvalue weighted by Gasteiger charge is -2.10. The summed E-state index contributed by atoms with van der Waals surface area (Å²) in [6.45, 7) is 0. The minimum absolute atomic E-state index is 0.422. The predicted octanol–water partition coefficient (Wildman–Crippen LogP) is 2.17. The number of rotatable bonds is 4. The van der Waals surface area contributed by atoms with Crippen molar-refractivity contribution in [2.24, 2.45) is 5.73 Å². The SMILES string of the molecule is COc1ccc(N)c(Oc2ccc(C(N)=O)cc2)c1. The monoisotopic (exact) mass is 258 g/mol. The molecule has 0 unspecified atom stereocenters. The van der Waals surface area contributed by atoms with Crippen LogP contribution in [0, 0.1) is 0 Å². The quantitative estimate of drug-likeness (QED) is 0.823. The van der Waals surface area contributed by atoms with Gasteiger partial charge < -0.3 is 20.9 Å². The molecule has 1 amide bonds. The number of nitrogen functional groups attached to an aromatic ring is 1. The van der Waals surface area contributed by atoms with Crippen molar-refractivity contribution >= 4 is 11.6 Å². The Morgan fingerprint density at radius 1 is 1.05 bits per heavy atom. The van der Waals surface area contributed by atoms with Crippen LogP contribution in [-0.4, -0.2) is 13.0 Å². The van der Waals surface area contributed by atoms with E-state index in [1.807, 2.05) is 0 Å². The van der Waals surface area contributed by atoms with Crippen LogP contribution in [0.4, 0.5) is 5.69 Å². The van der Waals surface area contributed by atoms with Crippen LogP contribution in [0.5, 0.6) is 17.2 Å². The largest absolute Gasteiger partial charge is 0.497 e. The average molecular weight is 258 g/mol. The number of amides is 1. The fourth-order valence-corrected chi connectivity index (χ4v) is 1.54. The first-order valence-corrected chi connectivity index (χ1v) is 5.61. The zero-order valence-electron chi connectivity index (χ0n) is 10.4. The van der Waals surface area contributed by atoms with Crippen molar-refractivity contribution in [2.75, 3.05) is 12.8 Å². The molecule has 0 saturated heterocycles. The number of benzene rings is 2. The first-order chi connectivity index (χ1) is 9.10. The van der Waals surface area contributed by atoms with Gasteiger partial charge in [0.1, 0.15) is 11.5 Å². The Kier molecular flexibility index (Phi) is 3.56. The number of carbonyl (C=O) groups excluding carboxylic acids is 1. The Hall–Kier alpha value is -2.69. The maximum Gasteiger partial charge on any atom is 0.248 e. The summed E-state index contributed by atoms with van der Waals surface area (Å²) in [5.41, 5.74) is 11.9. The van der Waals surface area contributed by atoms with E-state index in [0.29, 0.717) is 28.5 Å². The number of methoxy groups -OCH3 is 1. The van der Waals surface area contributed by atoms with E-state index in [0.717, 1.165) is 0 Å². The summed E-state index contributed by atoms with van der Waals surface area (Å²) in [5.74, 6) is 1.22. The Morgan fingerprint density at radius 2 is 1.68 bits per heavy atom. The summed E-state index contributed by atoms with van der Waals surface area (Å²) in [6, 6.07) is 11.6. The van der Waals surface area contributed by atoms with Crippen molar-refractivity contribution < 1.29 is 14.3 Å². The Morgan fingerprint density at radius 3 is 2.26 bits per heavy atom. The molecule has 19 heavy (non-hydrogen) atoms. The van der Waals surface area contributed by atoms with Crippen LogP contribution in [0.2, 0.25) is 0 Å². The standard InChI is InChI=1S/C14H14N2O3/c1-18-11-6-7-12(15)13(8-11)19-10-4-2-9(3-5-10)14(16)17/h2-8H,15H2,1H3,(H2,16,17). The Balaban J connectivity index is 2.23. The van der Waals surface area contributed by atoms with Gasteiger partial charge in [-0.05, 0) is 36.4 Å². The van der Waals surface area contributed by atoms with Crippen LogP contribution in [0.15, 0.2) is 42.5 Å². The van der Waals surface area contributed by atoms with Crippen molar-refractivity contribution in [3.8, 4) is 17.2 Å². The highest BCUT2D eigenvalue weighted by Crippen LogP contribution is 2.31. The van der Waals surface area contributed by atoms with Crippen molar-refractivity contribution in [3.63, 3.8) is 0 Å². The van der Waals surface area contributed by atoms with Crippen LogP contribution in [-0.2, 0) is 0 Å². The number of primary amides is 1. The molecule has 0 radical (unpaired) electrons. The molecule has 98 valence electrons. The summed E-state index contributed by atoms with van der Waals surface area (Å²) >= 11 is 0. The molecule has 0 aliphatic heterocycles. The molecule has 0 heterocycles. The normalized spacial score (nSPS) is 9.95. The van der Waals surface area contributed by atoms with Gasteiger partial charge in [-0.2, -0.15) is 0 Å². The number of hydrogen-bond acceptors (Lipinski definition) is 4. The minimum Gasteiger partial charge on any atom is -0.497 e. The molecule has 0 spiro atoms. The van der Waals surface area contributed by atoms with Crippen LogP contribution in [0.1, 0.15) is 10.4 Å². The molecule has 0 atom stereocenters.